The number of halogens is 4. The SMILES string of the molecule is O=C(O)C(F)n1cc(C(F)(F)F)cn1. The van der Waals surface area contributed by atoms with Crippen LogP contribution in [-0.2, 0) is 11.0 Å². The molecule has 0 fully saturated rings. The molecule has 0 saturated heterocycles. The Balaban J connectivity index is 2.94. The van der Waals surface area contributed by atoms with E-state index < -0.39 is 24.0 Å². The van der Waals surface area contributed by atoms with Gasteiger partial charge in [-0.2, -0.15) is 18.3 Å². The second-order valence-corrected chi connectivity index (χ2v) is 2.38. The van der Waals surface area contributed by atoms with Gasteiger partial charge in [0.15, 0.2) is 0 Å². The van der Waals surface area contributed by atoms with Gasteiger partial charge in [-0.1, -0.05) is 0 Å². The normalized spacial score (nSPS) is 14.0. The van der Waals surface area contributed by atoms with Gasteiger partial charge >= 0.3 is 12.1 Å². The fourth-order valence-electron chi connectivity index (χ4n) is 0.722. The molecule has 0 aromatic carbocycles. The standard InChI is InChI=1S/C6H4F4N2O2/c7-4(5(13)14)12-2-3(1-11-12)6(8,9)10/h1-2,4H,(H,13,14). The van der Waals surface area contributed by atoms with Crippen LogP contribution in [0.5, 0.6) is 0 Å². The van der Waals surface area contributed by atoms with Crippen molar-refractivity contribution < 1.29 is 27.5 Å². The minimum absolute atomic E-state index is 0.0884. The highest BCUT2D eigenvalue weighted by Crippen LogP contribution is 2.29. The first kappa shape index (κ1) is 10.5. The highest BCUT2D eigenvalue weighted by molar-refractivity contribution is 5.69. The zero-order valence-electron chi connectivity index (χ0n) is 6.49. The molecule has 1 rings (SSSR count). The zero-order chi connectivity index (χ0) is 10.9. The summed E-state index contributed by atoms with van der Waals surface area (Å²) in [6.45, 7) is 0. The van der Waals surface area contributed by atoms with E-state index in [0.717, 1.165) is 0 Å². The quantitative estimate of drug-likeness (QED) is 0.755. The third-order valence-corrected chi connectivity index (χ3v) is 1.36. The van der Waals surface area contributed by atoms with Crippen LogP contribution in [0.3, 0.4) is 0 Å². The van der Waals surface area contributed by atoms with Gasteiger partial charge in [0.25, 0.3) is 6.30 Å². The second-order valence-electron chi connectivity index (χ2n) is 2.38. The molecule has 0 bridgehead atoms. The van der Waals surface area contributed by atoms with Crippen molar-refractivity contribution in [3.05, 3.63) is 18.0 Å². The van der Waals surface area contributed by atoms with Crippen LogP contribution in [0.2, 0.25) is 0 Å². The number of nitrogens with zero attached hydrogens (tertiary/aromatic N) is 2. The van der Waals surface area contributed by atoms with E-state index in [1.165, 1.54) is 0 Å². The van der Waals surface area contributed by atoms with Crippen LogP contribution in [0.1, 0.15) is 11.9 Å². The predicted octanol–water partition coefficient (Wildman–Crippen LogP) is 1.45. The van der Waals surface area contributed by atoms with E-state index in [9.17, 15) is 22.4 Å². The van der Waals surface area contributed by atoms with Gasteiger partial charge < -0.3 is 5.11 Å². The average Bonchev–Trinajstić information content (AvgIpc) is 2.49. The third-order valence-electron chi connectivity index (χ3n) is 1.36. The molecule has 0 spiro atoms. The van der Waals surface area contributed by atoms with Crippen molar-refractivity contribution in [2.24, 2.45) is 0 Å². The van der Waals surface area contributed by atoms with Crippen molar-refractivity contribution in [1.82, 2.24) is 9.78 Å². The molecule has 1 N–H and O–H groups in total. The average molecular weight is 212 g/mol. The maximum absolute atomic E-state index is 12.6. The number of aromatic nitrogens is 2. The molecule has 1 aromatic heterocycles. The van der Waals surface area contributed by atoms with Crippen molar-refractivity contribution >= 4 is 5.97 Å². The van der Waals surface area contributed by atoms with Crippen LogP contribution in [0.25, 0.3) is 0 Å². The summed E-state index contributed by atoms with van der Waals surface area (Å²) in [7, 11) is 0. The van der Waals surface area contributed by atoms with Gasteiger partial charge in [0.1, 0.15) is 0 Å². The first-order valence-electron chi connectivity index (χ1n) is 3.30. The number of alkyl halides is 4. The Morgan fingerprint density at radius 3 is 2.50 bits per heavy atom. The summed E-state index contributed by atoms with van der Waals surface area (Å²) in [6.07, 6.45) is -6.61. The third kappa shape index (κ3) is 2.01. The molecule has 8 heteroatoms. The molecule has 1 unspecified atom stereocenters. The van der Waals surface area contributed by atoms with Crippen molar-refractivity contribution in [1.29, 1.82) is 0 Å². The maximum Gasteiger partial charge on any atom is 0.419 e. The molecular formula is C6H4F4N2O2. The fourth-order valence-corrected chi connectivity index (χ4v) is 0.722. The van der Waals surface area contributed by atoms with E-state index in [2.05, 4.69) is 5.10 Å². The van der Waals surface area contributed by atoms with E-state index in [0.29, 0.717) is 12.4 Å². The van der Waals surface area contributed by atoms with Gasteiger partial charge in [0.05, 0.1) is 11.8 Å². The minimum atomic E-state index is -4.66. The summed E-state index contributed by atoms with van der Waals surface area (Å²) in [5.74, 6) is -1.90. The summed E-state index contributed by atoms with van der Waals surface area (Å²) in [5, 5.41) is 11.1. The van der Waals surface area contributed by atoms with Crippen LogP contribution >= 0.6 is 0 Å². The van der Waals surface area contributed by atoms with Gasteiger partial charge in [0, 0.05) is 6.20 Å². The summed E-state index contributed by atoms with van der Waals surface area (Å²) >= 11 is 0. The number of carboxylic acid groups (broad SMARTS) is 1. The van der Waals surface area contributed by atoms with Crippen molar-refractivity contribution in [2.75, 3.05) is 0 Å². The van der Waals surface area contributed by atoms with Crippen LogP contribution in [0.15, 0.2) is 12.4 Å². The van der Waals surface area contributed by atoms with Crippen molar-refractivity contribution in [3.63, 3.8) is 0 Å². The lowest BCUT2D eigenvalue weighted by atomic mass is 10.4. The first-order chi connectivity index (χ1) is 6.32. The van der Waals surface area contributed by atoms with Crippen molar-refractivity contribution in [3.8, 4) is 0 Å². The lowest BCUT2D eigenvalue weighted by Crippen LogP contribution is -2.14. The van der Waals surface area contributed by atoms with Gasteiger partial charge in [-0.15, -0.1) is 0 Å². The Morgan fingerprint density at radius 2 is 2.14 bits per heavy atom. The molecule has 0 radical (unpaired) electrons. The van der Waals surface area contributed by atoms with Gasteiger partial charge in [-0.25, -0.2) is 13.9 Å². The predicted molar refractivity (Wildman–Crippen MR) is 35.0 cm³/mol. The summed E-state index contributed by atoms with van der Waals surface area (Å²) in [6, 6.07) is 0. The number of carboxylic acids is 1. The van der Waals surface area contributed by atoms with E-state index in [1.54, 1.807) is 0 Å². The van der Waals surface area contributed by atoms with Gasteiger partial charge in [0.2, 0.25) is 0 Å². The zero-order valence-corrected chi connectivity index (χ0v) is 6.49. The molecule has 0 saturated carbocycles. The Labute approximate surface area is 74.8 Å². The number of aliphatic carboxylic acids is 1. The maximum atomic E-state index is 12.6. The Morgan fingerprint density at radius 1 is 1.57 bits per heavy atom. The van der Waals surface area contributed by atoms with E-state index in [1.807, 2.05) is 0 Å². The number of hydrogen-bond acceptors (Lipinski definition) is 2. The smallest absolute Gasteiger partial charge is 0.419 e. The highest BCUT2D eigenvalue weighted by Gasteiger charge is 2.33. The summed E-state index contributed by atoms with van der Waals surface area (Å²) in [5.41, 5.74) is -1.19. The molecular weight excluding hydrogens is 208 g/mol. The van der Waals surface area contributed by atoms with E-state index in [-0.39, 0.29) is 4.68 Å². The largest absolute Gasteiger partial charge is 0.478 e. The molecule has 0 amide bonds. The van der Waals surface area contributed by atoms with Crippen LogP contribution in [-0.4, -0.2) is 20.9 Å². The molecule has 78 valence electrons. The molecule has 0 aliphatic rings. The highest BCUT2D eigenvalue weighted by atomic mass is 19.4. The topological polar surface area (TPSA) is 55.1 Å². The Hall–Kier alpha value is -1.60. The van der Waals surface area contributed by atoms with Gasteiger partial charge in [-0.3, -0.25) is 0 Å². The first-order valence-corrected chi connectivity index (χ1v) is 3.30. The molecule has 1 atom stereocenters. The molecule has 1 heterocycles. The molecule has 4 nitrogen and oxygen atoms in total. The molecule has 0 aliphatic carbocycles. The number of rotatable bonds is 2. The minimum Gasteiger partial charge on any atom is -0.478 e. The second kappa shape index (κ2) is 3.28. The van der Waals surface area contributed by atoms with Crippen LogP contribution in [0.4, 0.5) is 17.6 Å². The lowest BCUT2D eigenvalue weighted by Gasteiger charge is -2.02. The van der Waals surface area contributed by atoms with E-state index >= 15 is 0 Å². The summed E-state index contributed by atoms with van der Waals surface area (Å²) in [4.78, 5) is 10.0. The van der Waals surface area contributed by atoms with Crippen LogP contribution in [0, 0.1) is 0 Å². The Bertz CT molecular complexity index is 346. The monoisotopic (exact) mass is 212 g/mol. The summed E-state index contributed by atoms with van der Waals surface area (Å²) < 4.78 is 48.5. The van der Waals surface area contributed by atoms with E-state index in [4.69, 9.17) is 5.11 Å². The molecule has 0 aliphatic heterocycles. The number of hydrogen-bond donors (Lipinski definition) is 1. The van der Waals surface area contributed by atoms with Gasteiger partial charge in [-0.05, 0) is 0 Å². The fraction of sp³-hybridized carbons (Fsp3) is 0.333. The number of carbonyl (C=O) groups is 1. The molecule has 1 aromatic rings. The van der Waals surface area contributed by atoms with Crippen molar-refractivity contribution in [2.45, 2.75) is 12.5 Å². The molecule has 14 heavy (non-hydrogen) atoms. The van der Waals surface area contributed by atoms with Crippen LogP contribution < -0.4 is 0 Å². The Kier molecular flexibility index (Phi) is 2.45. The lowest BCUT2D eigenvalue weighted by molar-refractivity contribution is -0.147.